The quantitative estimate of drug-likeness (QED) is 0.744. The number of aromatic amines is 1. The van der Waals surface area contributed by atoms with Crippen LogP contribution in [0.3, 0.4) is 0 Å². The highest BCUT2D eigenvalue weighted by atomic mass is 16.5. The van der Waals surface area contributed by atoms with Gasteiger partial charge in [-0.2, -0.15) is 0 Å². The second-order valence-corrected chi connectivity index (χ2v) is 3.79. The monoisotopic (exact) mass is 225 g/mol. The van der Waals surface area contributed by atoms with E-state index in [4.69, 9.17) is 4.74 Å². The van der Waals surface area contributed by atoms with E-state index in [1.54, 1.807) is 18.0 Å². The number of H-pyrrole nitrogens is 1. The SMILES string of the molecule is CC(C(=O)N1CCOCC1)n1cc[nH]c1=O. The average Bonchev–Trinajstić information content (AvgIpc) is 2.75. The summed E-state index contributed by atoms with van der Waals surface area (Å²) in [4.78, 5) is 27.7. The van der Waals surface area contributed by atoms with E-state index in [-0.39, 0.29) is 11.6 Å². The lowest BCUT2D eigenvalue weighted by Crippen LogP contribution is -2.44. The van der Waals surface area contributed by atoms with Crippen molar-refractivity contribution in [3.8, 4) is 0 Å². The molecule has 1 unspecified atom stereocenters. The Hall–Kier alpha value is -1.56. The summed E-state index contributed by atoms with van der Waals surface area (Å²) >= 11 is 0. The molecule has 1 aromatic rings. The van der Waals surface area contributed by atoms with Gasteiger partial charge in [-0.25, -0.2) is 4.79 Å². The summed E-state index contributed by atoms with van der Waals surface area (Å²) in [5, 5.41) is 0. The van der Waals surface area contributed by atoms with Crippen molar-refractivity contribution in [2.24, 2.45) is 0 Å². The Morgan fingerprint density at radius 2 is 2.19 bits per heavy atom. The molecule has 0 bridgehead atoms. The lowest BCUT2D eigenvalue weighted by molar-refractivity contribution is -0.138. The fraction of sp³-hybridized carbons (Fsp3) is 0.600. The van der Waals surface area contributed by atoms with Crippen molar-refractivity contribution < 1.29 is 9.53 Å². The summed E-state index contributed by atoms with van der Waals surface area (Å²) < 4.78 is 6.58. The van der Waals surface area contributed by atoms with Crippen molar-refractivity contribution in [2.75, 3.05) is 26.3 Å². The van der Waals surface area contributed by atoms with Crippen LogP contribution in [0.4, 0.5) is 0 Å². The minimum absolute atomic E-state index is 0.0370. The molecule has 1 amide bonds. The molecule has 0 spiro atoms. The molecule has 1 aliphatic heterocycles. The van der Waals surface area contributed by atoms with E-state index in [0.717, 1.165) is 0 Å². The van der Waals surface area contributed by atoms with E-state index in [1.165, 1.54) is 10.8 Å². The van der Waals surface area contributed by atoms with Crippen LogP contribution in [0.15, 0.2) is 17.2 Å². The van der Waals surface area contributed by atoms with Gasteiger partial charge in [-0.05, 0) is 6.92 Å². The first kappa shape index (κ1) is 10.9. The third-order valence-electron chi connectivity index (χ3n) is 2.77. The molecule has 1 aliphatic rings. The lowest BCUT2D eigenvalue weighted by Gasteiger charge is -2.29. The molecule has 2 rings (SSSR count). The third kappa shape index (κ3) is 2.01. The van der Waals surface area contributed by atoms with E-state index >= 15 is 0 Å². The lowest BCUT2D eigenvalue weighted by atomic mass is 10.2. The van der Waals surface area contributed by atoms with Gasteiger partial charge < -0.3 is 14.6 Å². The van der Waals surface area contributed by atoms with Gasteiger partial charge in [0.1, 0.15) is 6.04 Å². The molecule has 1 fully saturated rings. The Morgan fingerprint density at radius 1 is 1.50 bits per heavy atom. The Kier molecular flexibility index (Phi) is 3.09. The number of hydrogen-bond donors (Lipinski definition) is 1. The van der Waals surface area contributed by atoms with E-state index in [2.05, 4.69) is 4.98 Å². The Bertz CT molecular complexity index is 417. The van der Waals surface area contributed by atoms with Crippen molar-refractivity contribution in [3.05, 3.63) is 22.9 Å². The molecule has 0 saturated carbocycles. The van der Waals surface area contributed by atoms with Crippen molar-refractivity contribution in [2.45, 2.75) is 13.0 Å². The Balaban J connectivity index is 2.09. The number of carbonyl (C=O) groups is 1. The predicted molar refractivity (Wildman–Crippen MR) is 57.2 cm³/mol. The topological polar surface area (TPSA) is 67.3 Å². The molecule has 1 saturated heterocycles. The van der Waals surface area contributed by atoms with Gasteiger partial charge in [0.2, 0.25) is 5.91 Å². The van der Waals surface area contributed by atoms with E-state index in [0.29, 0.717) is 26.3 Å². The summed E-state index contributed by atoms with van der Waals surface area (Å²) in [7, 11) is 0. The highest BCUT2D eigenvalue weighted by Crippen LogP contribution is 2.09. The van der Waals surface area contributed by atoms with E-state index in [9.17, 15) is 9.59 Å². The molecule has 0 aliphatic carbocycles. The number of nitrogens with zero attached hydrogens (tertiary/aromatic N) is 2. The van der Waals surface area contributed by atoms with Crippen molar-refractivity contribution in [3.63, 3.8) is 0 Å². The van der Waals surface area contributed by atoms with Crippen LogP contribution in [0.1, 0.15) is 13.0 Å². The first-order valence-corrected chi connectivity index (χ1v) is 5.32. The first-order valence-electron chi connectivity index (χ1n) is 5.32. The van der Waals surface area contributed by atoms with Crippen molar-refractivity contribution >= 4 is 5.91 Å². The highest BCUT2D eigenvalue weighted by molar-refractivity contribution is 5.80. The minimum atomic E-state index is -0.461. The normalized spacial score (nSPS) is 18.4. The van der Waals surface area contributed by atoms with Crippen LogP contribution in [0.2, 0.25) is 0 Å². The molecule has 1 atom stereocenters. The van der Waals surface area contributed by atoms with Crippen LogP contribution in [0, 0.1) is 0 Å². The van der Waals surface area contributed by atoms with E-state index < -0.39 is 6.04 Å². The second-order valence-electron chi connectivity index (χ2n) is 3.79. The van der Waals surface area contributed by atoms with Gasteiger partial charge in [0, 0.05) is 25.5 Å². The maximum Gasteiger partial charge on any atom is 0.326 e. The zero-order valence-corrected chi connectivity index (χ0v) is 9.18. The summed E-state index contributed by atoms with van der Waals surface area (Å²) in [6.07, 6.45) is 3.12. The van der Waals surface area contributed by atoms with Crippen molar-refractivity contribution in [1.29, 1.82) is 0 Å². The maximum absolute atomic E-state index is 12.0. The smallest absolute Gasteiger partial charge is 0.326 e. The van der Waals surface area contributed by atoms with Crippen LogP contribution in [-0.2, 0) is 9.53 Å². The van der Waals surface area contributed by atoms with Crippen LogP contribution in [0.25, 0.3) is 0 Å². The van der Waals surface area contributed by atoms with Gasteiger partial charge in [0.15, 0.2) is 0 Å². The molecular weight excluding hydrogens is 210 g/mol. The molecule has 6 heteroatoms. The Labute approximate surface area is 92.8 Å². The molecule has 0 aromatic carbocycles. The number of nitrogens with one attached hydrogen (secondary N) is 1. The number of rotatable bonds is 2. The van der Waals surface area contributed by atoms with Gasteiger partial charge in [-0.3, -0.25) is 9.36 Å². The van der Waals surface area contributed by atoms with Gasteiger partial charge >= 0.3 is 5.69 Å². The van der Waals surface area contributed by atoms with Crippen molar-refractivity contribution in [1.82, 2.24) is 14.5 Å². The number of hydrogen-bond acceptors (Lipinski definition) is 3. The molecule has 88 valence electrons. The third-order valence-corrected chi connectivity index (χ3v) is 2.77. The van der Waals surface area contributed by atoms with Gasteiger partial charge in [-0.15, -0.1) is 0 Å². The van der Waals surface area contributed by atoms with Gasteiger partial charge in [0.05, 0.1) is 13.2 Å². The number of ether oxygens (including phenoxy) is 1. The standard InChI is InChI=1S/C10H15N3O3/c1-8(13-3-2-11-10(13)15)9(14)12-4-6-16-7-5-12/h2-3,8H,4-7H2,1H3,(H,11,15). The summed E-state index contributed by atoms with van der Waals surface area (Å²) in [5.41, 5.74) is -0.255. The fourth-order valence-electron chi connectivity index (χ4n) is 1.80. The highest BCUT2D eigenvalue weighted by Gasteiger charge is 2.24. The van der Waals surface area contributed by atoms with Crippen LogP contribution in [-0.4, -0.2) is 46.7 Å². The number of amides is 1. The number of carbonyl (C=O) groups excluding carboxylic acids is 1. The molecule has 1 N–H and O–H groups in total. The molecule has 16 heavy (non-hydrogen) atoms. The second kappa shape index (κ2) is 4.52. The number of morpholine rings is 1. The largest absolute Gasteiger partial charge is 0.378 e. The molecule has 6 nitrogen and oxygen atoms in total. The first-order chi connectivity index (χ1) is 7.70. The van der Waals surface area contributed by atoms with Crippen LogP contribution >= 0.6 is 0 Å². The number of aromatic nitrogens is 2. The molecular formula is C10H15N3O3. The summed E-state index contributed by atoms with van der Waals surface area (Å²) in [5.74, 6) is -0.0370. The molecule has 0 radical (unpaired) electrons. The average molecular weight is 225 g/mol. The fourth-order valence-corrected chi connectivity index (χ4v) is 1.80. The van der Waals surface area contributed by atoms with Crippen LogP contribution in [0.5, 0.6) is 0 Å². The number of imidazole rings is 1. The summed E-state index contributed by atoms with van der Waals surface area (Å²) in [6.45, 7) is 4.07. The van der Waals surface area contributed by atoms with Gasteiger partial charge in [0.25, 0.3) is 0 Å². The molecule has 1 aromatic heterocycles. The van der Waals surface area contributed by atoms with Crippen LogP contribution < -0.4 is 5.69 Å². The predicted octanol–water partition coefficient (Wildman–Crippen LogP) is -0.404. The molecule has 2 heterocycles. The zero-order chi connectivity index (χ0) is 11.5. The van der Waals surface area contributed by atoms with Gasteiger partial charge in [-0.1, -0.05) is 0 Å². The maximum atomic E-state index is 12.0. The van der Waals surface area contributed by atoms with E-state index in [1.807, 2.05) is 0 Å². The summed E-state index contributed by atoms with van der Waals surface area (Å²) in [6, 6.07) is -0.461. The minimum Gasteiger partial charge on any atom is -0.378 e. The Morgan fingerprint density at radius 3 is 2.75 bits per heavy atom. The zero-order valence-electron chi connectivity index (χ0n) is 9.18.